The van der Waals surface area contributed by atoms with Crippen LogP contribution in [-0.2, 0) is 10.8 Å². The van der Waals surface area contributed by atoms with Crippen LogP contribution in [-0.4, -0.2) is 26.3 Å². The maximum absolute atomic E-state index is 13.2. The highest BCUT2D eigenvalue weighted by atomic mass is 32.1. The normalized spacial score (nSPS) is 13.0. The molecule has 2 heterocycles. The molecule has 4 rings (SSSR count). The summed E-state index contributed by atoms with van der Waals surface area (Å²) in [7, 11) is 0. The Morgan fingerprint density at radius 1 is 1.00 bits per heavy atom. The molecular formula is C30H37N3O3S. The fourth-order valence-corrected chi connectivity index (χ4v) is 5.14. The summed E-state index contributed by atoms with van der Waals surface area (Å²) in [6, 6.07) is 11.6. The Hall–Kier alpha value is -3.19. The molecule has 4 aromatic rings. The minimum absolute atomic E-state index is 0.197. The topological polar surface area (TPSA) is 76.7 Å². The van der Waals surface area contributed by atoms with Crippen molar-refractivity contribution < 1.29 is 9.84 Å². The summed E-state index contributed by atoms with van der Waals surface area (Å²) >= 11 is 1.32. The molecule has 0 radical (unpaired) electrons. The minimum Gasteiger partial charge on any atom is -0.507 e. The summed E-state index contributed by atoms with van der Waals surface area (Å²) < 4.78 is 7.72. The summed E-state index contributed by atoms with van der Waals surface area (Å²) in [6.07, 6.45) is 5.24. The second-order valence-electron chi connectivity index (χ2n) is 11.6. The van der Waals surface area contributed by atoms with Crippen LogP contribution in [0.1, 0.15) is 84.4 Å². The molecule has 0 bridgehead atoms. The molecule has 0 atom stereocenters. The van der Waals surface area contributed by atoms with Gasteiger partial charge in [-0.1, -0.05) is 72.6 Å². The molecule has 0 amide bonds. The highest BCUT2D eigenvalue weighted by Gasteiger charge is 2.26. The number of unbranched alkanes of at least 4 members (excludes halogenated alkanes) is 2. The molecule has 0 aliphatic heterocycles. The van der Waals surface area contributed by atoms with Crippen molar-refractivity contribution in [1.29, 1.82) is 0 Å². The van der Waals surface area contributed by atoms with Gasteiger partial charge in [0.2, 0.25) is 4.96 Å². The molecule has 0 saturated carbocycles. The van der Waals surface area contributed by atoms with Crippen LogP contribution in [0, 0.1) is 0 Å². The summed E-state index contributed by atoms with van der Waals surface area (Å²) in [4.78, 5) is 18.4. The van der Waals surface area contributed by atoms with E-state index in [4.69, 9.17) is 4.74 Å². The van der Waals surface area contributed by atoms with E-state index in [-0.39, 0.29) is 16.4 Å². The molecule has 196 valence electrons. The molecule has 6 nitrogen and oxygen atoms in total. The molecule has 0 fully saturated rings. The van der Waals surface area contributed by atoms with Gasteiger partial charge in [0.05, 0.1) is 11.1 Å². The average molecular weight is 520 g/mol. The third-order valence-corrected chi connectivity index (χ3v) is 7.32. The first-order valence-electron chi connectivity index (χ1n) is 12.9. The van der Waals surface area contributed by atoms with Crippen molar-refractivity contribution in [1.82, 2.24) is 14.6 Å². The van der Waals surface area contributed by atoms with E-state index in [1.165, 1.54) is 15.9 Å². The molecule has 2 aromatic carbocycles. The number of nitrogens with zero attached hydrogens (tertiary/aromatic N) is 3. The third kappa shape index (κ3) is 5.87. The molecule has 0 aliphatic rings. The maximum atomic E-state index is 13.2. The first kappa shape index (κ1) is 26.9. The molecule has 0 aliphatic carbocycles. The lowest BCUT2D eigenvalue weighted by atomic mass is 9.78. The zero-order valence-electron chi connectivity index (χ0n) is 22.9. The smallest absolute Gasteiger partial charge is 0.291 e. The third-order valence-electron chi connectivity index (χ3n) is 6.36. The quantitative estimate of drug-likeness (QED) is 0.293. The van der Waals surface area contributed by atoms with Crippen LogP contribution in [0.15, 0.2) is 41.2 Å². The van der Waals surface area contributed by atoms with E-state index >= 15 is 0 Å². The van der Waals surface area contributed by atoms with Gasteiger partial charge >= 0.3 is 0 Å². The Bertz CT molecular complexity index is 1470. The average Bonchev–Trinajstić information content (AvgIpc) is 3.36. The summed E-state index contributed by atoms with van der Waals surface area (Å²) in [5.41, 5.74) is 2.75. The van der Waals surface area contributed by atoms with E-state index in [9.17, 15) is 9.90 Å². The molecule has 7 heteroatoms. The highest BCUT2D eigenvalue weighted by molar-refractivity contribution is 7.15. The lowest BCUT2D eigenvalue weighted by molar-refractivity contribution is 0.306. The van der Waals surface area contributed by atoms with E-state index in [0.717, 1.165) is 47.3 Å². The Kier molecular flexibility index (Phi) is 7.47. The predicted octanol–water partition coefficient (Wildman–Crippen LogP) is 6.24. The van der Waals surface area contributed by atoms with E-state index in [2.05, 4.69) is 58.5 Å². The Morgan fingerprint density at radius 3 is 2.16 bits per heavy atom. The first-order valence-corrected chi connectivity index (χ1v) is 13.7. The predicted molar refractivity (Wildman–Crippen MR) is 152 cm³/mol. The van der Waals surface area contributed by atoms with Crippen molar-refractivity contribution in [2.75, 3.05) is 6.61 Å². The van der Waals surface area contributed by atoms with Crippen LogP contribution in [0.3, 0.4) is 0 Å². The van der Waals surface area contributed by atoms with E-state index in [1.807, 2.05) is 42.5 Å². The van der Waals surface area contributed by atoms with Crippen LogP contribution in [0.4, 0.5) is 0 Å². The lowest BCUT2D eigenvalue weighted by Crippen LogP contribution is -2.24. The van der Waals surface area contributed by atoms with Gasteiger partial charge < -0.3 is 9.84 Å². The number of hydrogen-bond donors (Lipinski definition) is 1. The van der Waals surface area contributed by atoms with Crippen molar-refractivity contribution in [3.8, 4) is 22.9 Å². The van der Waals surface area contributed by atoms with Crippen LogP contribution >= 0.6 is 11.3 Å². The zero-order valence-corrected chi connectivity index (χ0v) is 23.7. The van der Waals surface area contributed by atoms with Crippen LogP contribution in [0.5, 0.6) is 11.5 Å². The van der Waals surface area contributed by atoms with Crippen molar-refractivity contribution in [3.63, 3.8) is 0 Å². The van der Waals surface area contributed by atoms with Crippen LogP contribution in [0.2, 0.25) is 0 Å². The van der Waals surface area contributed by atoms with Crippen molar-refractivity contribution >= 4 is 22.4 Å². The molecule has 0 saturated heterocycles. The van der Waals surface area contributed by atoms with Gasteiger partial charge in [0.25, 0.3) is 5.56 Å². The van der Waals surface area contributed by atoms with E-state index in [1.54, 1.807) is 0 Å². The summed E-state index contributed by atoms with van der Waals surface area (Å²) in [5.74, 6) is 1.66. The zero-order chi connectivity index (χ0) is 27.0. The van der Waals surface area contributed by atoms with Crippen molar-refractivity contribution in [2.24, 2.45) is 0 Å². The number of fused-ring (bicyclic) bond motifs is 1. The largest absolute Gasteiger partial charge is 0.507 e. The number of thiazole rings is 1. The van der Waals surface area contributed by atoms with Crippen LogP contribution < -0.4 is 14.8 Å². The first-order chi connectivity index (χ1) is 17.4. The number of phenolic OH excluding ortho intramolecular Hbond substituents is 1. The van der Waals surface area contributed by atoms with Gasteiger partial charge in [-0.25, -0.2) is 0 Å². The summed E-state index contributed by atoms with van der Waals surface area (Å²) in [6.45, 7) is 15.3. The maximum Gasteiger partial charge on any atom is 0.291 e. The fourth-order valence-electron chi connectivity index (χ4n) is 4.23. The van der Waals surface area contributed by atoms with Crippen molar-refractivity contribution in [2.45, 2.75) is 78.6 Å². The van der Waals surface area contributed by atoms with Gasteiger partial charge in [-0.3, -0.25) is 4.79 Å². The number of benzene rings is 2. The molecule has 1 N–H and O–H groups in total. The molecule has 37 heavy (non-hydrogen) atoms. The number of aromatic nitrogens is 3. The Balaban J connectivity index is 1.67. The van der Waals surface area contributed by atoms with Gasteiger partial charge in [0.1, 0.15) is 11.5 Å². The SMILES string of the molecule is CCCCCOc1ccc(-c2nc3s/c(=C/c4cc(C(C)(C)C)c(O)c(C(C)(C)C)c4)c(=O)n3n2)cc1. The monoisotopic (exact) mass is 519 g/mol. The number of rotatable bonds is 7. The fraction of sp³-hybridized carbons (Fsp3) is 0.433. The van der Waals surface area contributed by atoms with Gasteiger partial charge in [-0.15, -0.1) is 5.10 Å². The lowest BCUT2D eigenvalue weighted by Gasteiger charge is -2.27. The van der Waals surface area contributed by atoms with Gasteiger partial charge in [-0.2, -0.15) is 9.50 Å². The van der Waals surface area contributed by atoms with Crippen molar-refractivity contribution in [3.05, 3.63) is 68.0 Å². The molecule has 0 spiro atoms. The van der Waals surface area contributed by atoms with Gasteiger partial charge in [0, 0.05) is 16.7 Å². The second kappa shape index (κ2) is 10.3. The summed E-state index contributed by atoms with van der Waals surface area (Å²) in [5, 5.41) is 15.5. The number of hydrogen-bond acceptors (Lipinski definition) is 6. The minimum atomic E-state index is -0.245. The second-order valence-corrected chi connectivity index (χ2v) is 12.6. The number of phenols is 1. The van der Waals surface area contributed by atoms with E-state index in [0.29, 0.717) is 27.7 Å². The molecule has 0 unspecified atom stereocenters. The Morgan fingerprint density at radius 2 is 1.62 bits per heavy atom. The highest BCUT2D eigenvalue weighted by Crippen LogP contribution is 2.39. The Labute approximate surface area is 222 Å². The van der Waals surface area contributed by atoms with Crippen LogP contribution in [0.25, 0.3) is 22.4 Å². The molecule has 2 aromatic heterocycles. The number of ether oxygens (including phenoxy) is 1. The number of aromatic hydroxyl groups is 1. The van der Waals surface area contributed by atoms with Gasteiger partial charge in [0.15, 0.2) is 5.82 Å². The van der Waals surface area contributed by atoms with E-state index < -0.39 is 0 Å². The standard InChI is InChI=1S/C30H37N3O3S/c1-8-9-10-15-36-21-13-11-20(12-14-21)26-31-28-33(32-26)27(35)24(37-28)18-19-16-22(29(2,3)4)25(34)23(17-19)30(5,6)7/h11-14,16-18,34H,8-10,15H2,1-7H3/b24-18+. The van der Waals surface area contributed by atoms with Gasteiger partial charge in [-0.05, 0) is 65.3 Å². The molecular weight excluding hydrogens is 482 g/mol.